The quantitative estimate of drug-likeness (QED) is 0.748. The molecule has 0 saturated carbocycles. The molecule has 0 spiro atoms. The average molecular weight is 468 g/mol. The molecule has 0 fully saturated rings. The minimum Gasteiger partial charge on any atom is -0.491 e. The maximum atomic E-state index is 13.3. The number of anilines is 1. The van der Waals surface area contributed by atoms with Gasteiger partial charge in [0.2, 0.25) is 5.91 Å². The molecule has 3 atom stereocenters. The topological polar surface area (TPSA) is 88.2 Å². The summed E-state index contributed by atoms with van der Waals surface area (Å²) in [6.45, 7) is 6.51. The van der Waals surface area contributed by atoms with E-state index in [0.29, 0.717) is 35.7 Å². The number of carbonyl (C=O) groups excluding carboxylic acids is 3. The molecule has 0 aliphatic carbocycles. The van der Waals surface area contributed by atoms with E-state index in [-0.39, 0.29) is 42.4 Å². The maximum Gasteiger partial charge on any atom is 0.257 e. The van der Waals surface area contributed by atoms with Crippen LogP contribution in [0.3, 0.4) is 0 Å². The smallest absolute Gasteiger partial charge is 0.257 e. The molecule has 0 bridgehead atoms. The normalized spacial score (nSPS) is 21.6. The lowest BCUT2D eigenvalue weighted by molar-refractivity contribution is -0.133. The molecular formula is C26H33N3O5. The summed E-state index contributed by atoms with van der Waals surface area (Å²) in [5.74, 6) is -0.155. The Morgan fingerprint density at radius 3 is 2.44 bits per heavy atom. The van der Waals surface area contributed by atoms with Gasteiger partial charge in [-0.25, -0.2) is 0 Å². The Morgan fingerprint density at radius 2 is 1.79 bits per heavy atom. The molecule has 1 N–H and O–H groups in total. The molecule has 1 aliphatic rings. The van der Waals surface area contributed by atoms with E-state index in [1.54, 1.807) is 66.4 Å². The molecule has 0 aromatic heterocycles. The maximum absolute atomic E-state index is 13.3. The van der Waals surface area contributed by atoms with Gasteiger partial charge in [-0.3, -0.25) is 14.4 Å². The van der Waals surface area contributed by atoms with Crippen molar-refractivity contribution >= 4 is 23.4 Å². The van der Waals surface area contributed by atoms with E-state index in [9.17, 15) is 14.4 Å². The first kappa shape index (κ1) is 25.2. The van der Waals surface area contributed by atoms with Gasteiger partial charge in [-0.2, -0.15) is 0 Å². The summed E-state index contributed by atoms with van der Waals surface area (Å²) in [4.78, 5) is 41.6. The number of ether oxygens (including phenoxy) is 2. The van der Waals surface area contributed by atoms with Crippen molar-refractivity contribution in [2.24, 2.45) is 5.92 Å². The van der Waals surface area contributed by atoms with Crippen molar-refractivity contribution in [2.45, 2.75) is 32.9 Å². The molecule has 2 aromatic carbocycles. The van der Waals surface area contributed by atoms with Crippen molar-refractivity contribution in [1.29, 1.82) is 0 Å². The molecule has 8 nitrogen and oxygen atoms in total. The van der Waals surface area contributed by atoms with Crippen molar-refractivity contribution in [1.82, 2.24) is 9.80 Å². The van der Waals surface area contributed by atoms with Crippen LogP contribution in [0.25, 0.3) is 0 Å². The Balaban J connectivity index is 1.93. The highest BCUT2D eigenvalue weighted by Crippen LogP contribution is 2.27. The van der Waals surface area contributed by atoms with Gasteiger partial charge < -0.3 is 24.6 Å². The highest BCUT2D eigenvalue weighted by molar-refractivity contribution is 6.05. The lowest BCUT2D eigenvalue weighted by Gasteiger charge is -2.35. The number of hydrogen-bond acceptors (Lipinski definition) is 5. The number of fused-ring (bicyclic) bond motifs is 1. The van der Waals surface area contributed by atoms with Crippen molar-refractivity contribution in [2.75, 3.05) is 39.2 Å². The third kappa shape index (κ3) is 5.94. The van der Waals surface area contributed by atoms with Crippen LogP contribution >= 0.6 is 0 Å². The third-order valence-electron chi connectivity index (χ3n) is 6.15. The molecule has 0 radical (unpaired) electrons. The second kappa shape index (κ2) is 11.2. The van der Waals surface area contributed by atoms with Crippen LogP contribution in [0.2, 0.25) is 0 Å². The molecule has 34 heavy (non-hydrogen) atoms. The Labute approximate surface area is 200 Å². The number of carbonyl (C=O) groups is 3. The van der Waals surface area contributed by atoms with Gasteiger partial charge in [0.25, 0.3) is 11.8 Å². The van der Waals surface area contributed by atoms with Crippen molar-refractivity contribution in [3.63, 3.8) is 0 Å². The fourth-order valence-electron chi connectivity index (χ4n) is 4.08. The van der Waals surface area contributed by atoms with Crippen LogP contribution in [0.4, 0.5) is 5.69 Å². The minimum absolute atomic E-state index is 0.0149. The van der Waals surface area contributed by atoms with E-state index in [1.165, 1.54) is 6.92 Å². The zero-order chi connectivity index (χ0) is 24.8. The number of rotatable bonds is 3. The molecule has 0 unspecified atom stereocenters. The summed E-state index contributed by atoms with van der Waals surface area (Å²) in [5, 5.41) is 2.85. The van der Waals surface area contributed by atoms with Crippen LogP contribution in [0, 0.1) is 5.92 Å². The highest BCUT2D eigenvalue weighted by atomic mass is 16.5. The zero-order valence-electron chi connectivity index (χ0n) is 20.4. The molecule has 0 saturated heterocycles. The van der Waals surface area contributed by atoms with Gasteiger partial charge in [-0.15, -0.1) is 0 Å². The van der Waals surface area contributed by atoms with Crippen LogP contribution in [0.15, 0.2) is 48.5 Å². The fraction of sp³-hybridized carbons (Fsp3) is 0.423. The number of benzene rings is 2. The predicted octanol–water partition coefficient (Wildman–Crippen LogP) is 3.29. The lowest BCUT2D eigenvalue weighted by atomic mass is 10.0. The lowest BCUT2D eigenvalue weighted by Crippen LogP contribution is -2.48. The number of amides is 3. The standard InChI is InChI=1S/C26H33N3O5/c1-17-14-29(19(3)30)18(2)16-34-23-13-21(27-25(31)20-9-7-6-8-10-20)11-12-22(23)26(32)28(4)15-24(17)33-5/h6-13,17-18,24H,14-16H2,1-5H3,(H,27,31)/t17-,18+,24+/m0/s1. The highest BCUT2D eigenvalue weighted by Gasteiger charge is 2.29. The molecule has 1 aliphatic heterocycles. The van der Waals surface area contributed by atoms with Gasteiger partial charge in [-0.05, 0) is 31.2 Å². The van der Waals surface area contributed by atoms with Crippen LogP contribution in [0.1, 0.15) is 41.5 Å². The van der Waals surface area contributed by atoms with Crippen molar-refractivity contribution < 1.29 is 23.9 Å². The monoisotopic (exact) mass is 467 g/mol. The molecule has 3 amide bonds. The van der Waals surface area contributed by atoms with Gasteiger partial charge in [0.05, 0.1) is 17.7 Å². The van der Waals surface area contributed by atoms with Crippen LogP contribution in [0.5, 0.6) is 5.75 Å². The van der Waals surface area contributed by atoms with Crippen molar-refractivity contribution in [3.8, 4) is 5.75 Å². The number of likely N-dealkylation sites (N-methyl/N-ethyl adjacent to an activating group) is 1. The van der Waals surface area contributed by atoms with E-state index in [4.69, 9.17) is 9.47 Å². The summed E-state index contributed by atoms with van der Waals surface area (Å²) in [5.41, 5.74) is 1.41. The molecule has 1 heterocycles. The van der Waals surface area contributed by atoms with Crippen LogP contribution in [-0.2, 0) is 9.53 Å². The number of nitrogens with zero attached hydrogens (tertiary/aromatic N) is 2. The largest absolute Gasteiger partial charge is 0.491 e. The van der Waals surface area contributed by atoms with Gasteiger partial charge in [0.15, 0.2) is 0 Å². The SMILES string of the molecule is CO[C@@H]1CN(C)C(=O)c2ccc(NC(=O)c3ccccc3)cc2OC[C@@H](C)N(C(C)=O)C[C@@H]1C. The van der Waals surface area contributed by atoms with Gasteiger partial charge >= 0.3 is 0 Å². The number of methoxy groups -OCH3 is 1. The number of nitrogens with one attached hydrogen (secondary N) is 1. The summed E-state index contributed by atoms with van der Waals surface area (Å²) in [7, 11) is 3.33. The predicted molar refractivity (Wildman–Crippen MR) is 130 cm³/mol. The summed E-state index contributed by atoms with van der Waals surface area (Å²) in [6.07, 6.45) is -0.240. The number of hydrogen-bond donors (Lipinski definition) is 1. The minimum atomic E-state index is -0.259. The molecule has 8 heteroatoms. The summed E-state index contributed by atoms with van der Waals surface area (Å²) in [6, 6.07) is 13.6. The second-order valence-electron chi connectivity index (χ2n) is 8.80. The molecule has 182 valence electrons. The zero-order valence-corrected chi connectivity index (χ0v) is 20.4. The summed E-state index contributed by atoms with van der Waals surface area (Å²) < 4.78 is 11.7. The van der Waals surface area contributed by atoms with Crippen molar-refractivity contribution in [3.05, 3.63) is 59.7 Å². The van der Waals surface area contributed by atoms with Crippen LogP contribution < -0.4 is 10.1 Å². The first-order valence-corrected chi connectivity index (χ1v) is 11.4. The van der Waals surface area contributed by atoms with Crippen LogP contribution in [-0.4, -0.2) is 73.5 Å². The van der Waals surface area contributed by atoms with Gasteiger partial charge in [-0.1, -0.05) is 25.1 Å². The third-order valence-corrected chi connectivity index (χ3v) is 6.15. The Bertz CT molecular complexity index is 1030. The average Bonchev–Trinajstić information content (AvgIpc) is 2.83. The molecule has 2 aromatic rings. The molecule has 3 rings (SSSR count). The summed E-state index contributed by atoms with van der Waals surface area (Å²) >= 11 is 0. The van der Waals surface area contributed by atoms with E-state index in [1.807, 2.05) is 19.9 Å². The second-order valence-corrected chi connectivity index (χ2v) is 8.80. The van der Waals surface area contributed by atoms with E-state index in [0.717, 1.165) is 0 Å². The first-order chi connectivity index (χ1) is 16.2. The van der Waals surface area contributed by atoms with Gasteiger partial charge in [0.1, 0.15) is 12.4 Å². The van der Waals surface area contributed by atoms with E-state index in [2.05, 4.69) is 5.32 Å². The molecular weight excluding hydrogens is 434 g/mol. The Kier molecular flexibility index (Phi) is 8.28. The van der Waals surface area contributed by atoms with E-state index < -0.39 is 0 Å². The van der Waals surface area contributed by atoms with Gasteiger partial charge in [0, 0.05) is 57.4 Å². The Hall–Kier alpha value is -3.39. The van der Waals surface area contributed by atoms with E-state index >= 15 is 0 Å². The fourth-order valence-corrected chi connectivity index (χ4v) is 4.08. The first-order valence-electron chi connectivity index (χ1n) is 11.4. The Morgan fingerprint density at radius 1 is 1.09 bits per heavy atom.